The Hall–Kier alpha value is -5.87. The minimum absolute atomic E-state index is 0. The van der Waals surface area contributed by atoms with Crippen molar-refractivity contribution in [3.63, 3.8) is 0 Å². The summed E-state index contributed by atoms with van der Waals surface area (Å²) < 4.78 is 5.56. The monoisotopic (exact) mass is 690 g/mol. The number of methoxy groups -OCH3 is 1. The number of nitrogens with one attached hydrogen (secondary N) is 1. The third kappa shape index (κ3) is 6.38. The molecule has 17 heteroatoms. The lowest BCUT2D eigenvalue weighted by atomic mass is 9.96. The molecule has 1 aliphatic carbocycles. The van der Waals surface area contributed by atoms with Gasteiger partial charge in [0.25, 0.3) is 22.6 Å². The number of carbonyl (C=O) groups is 3. The van der Waals surface area contributed by atoms with Crippen molar-refractivity contribution in [2.24, 2.45) is 5.73 Å². The van der Waals surface area contributed by atoms with E-state index in [0.29, 0.717) is 43.7 Å². The number of anilines is 2. The highest BCUT2D eigenvalue weighted by molar-refractivity contribution is 5.96. The second-order valence-corrected chi connectivity index (χ2v) is 11.3. The fraction of sp³-hybridized carbons (Fsp3) is 0.250. The Kier molecular flexibility index (Phi) is 9.63. The Labute approximate surface area is 283 Å². The van der Waals surface area contributed by atoms with Gasteiger partial charge in [-0.25, -0.2) is 14.6 Å². The molecule has 0 unspecified atom stereocenters. The molecule has 16 nitrogen and oxygen atoms in total. The topological polar surface area (TPSA) is 245 Å². The van der Waals surface area contributed by atoms with Crippen molar-refractivity contribution in [1.29, 1.82) is 0 Å². The molecular weight excluding hydrogens is 660 g/mol. The highest BCUT2D eigenvalue weighted by Gasteiger charge is 2.28. The van der Waals surface area contributed by atoms with Crippen molar-refractivity contribution >= 4 is 47.3 Å². The zero-order valence-electron chi connectivity index (χ0n) is 26.0. The fourth-order valence-electron chi connectivity index (χ4n) is 6.02. The van der Waals surface area contributed by atoms with Gasteiger partial charge in [-0.2, -0.15) is 4.52 Å². The summed E-state index contributed by atoms with van der Waals surface area (Å²) in [5.74, 6) is -2.97. The molecule has 0 saturated heterocycles. The number of aromatic hydroxyl groups is 1. The maximum Gasteiger partial charge on any atom is 0.354 e. The molecule has 7 rings (SSSR count). The zero-order valence-corrected chi connectivity index (χ0v) is 26.8. The van der Waals surface area contributed by atoms with E-state index in [1.165, 1.54) is 12.7 Å². The van der Waals surface area contributed by atoms with Crippen LogP contribution in [0.3, 0.4) is 0 Å². The summed E-state index contributed by atoms with van der Waals surface area (Å²) in [4.78, 5) is 64.4. The van der Waals surface area contributed by atoms with Crippen molar-refractivity contribution in [3.8, 4) is 5.88 Å². The predicted octanol–water partition coefficient (Wildman–Crippen LogP) is 1.04. The van der Waals surface area contributed by atoms with Gasteiger partial charge in [0.05, 0.1) is 18.7 Å². The van der Waals surface area contributed by atoms with Crippen LogP contribution in [0.5, 0.6) is 5.88 Å². The summed E-state index contributed by atoms with van der Waals surface area (Å²) in [5.41, 5.74) is 15.6. The summed E-state index contributed by atoms with van der Waals surface area (Å²) in [7, 11) is 1.31. The van der Waals surface area contributed by atoms with E-state index in [-0.39, 0.29) is 41.2 Å². The molecule has 254 valence electrons. The van der Waals surface area contributed by atoms with Crippen LogP contribution in [0.25, 0.3) is 5.65 Å². The summed E-state index contributed by atoms with van der Waals surface area (Å²) in [6.07, 6.45) is 2.11. The van der Waals surface area contributed by atoms with Crippen LogP contribution in [0, 0.1) is 0 Å². The van der Waals surface area contributed by atoms with E-state index in [9.17, 15) is 34.2 Å². The first-order valence-electron chi connectivity index (χ1n) is 14.9. The number of nitrogens with two attached hydrogens (primary N) is 2. The van der Waals surface area contributed by atoms with E-state index in [0.717, 1.165) is 39.3 Å². The lowest BCUT2D eigenvalue weighted by Crippen LogP contribution is -2.44. The molecule has 0 fully saturated rings. The highest BCUT2D eigenvalue weighted by atomic mass is 35.5. The summed E-state index contributed by atoms with van der Waals surface area (Å²) in [5, 5.41) is 28.7. The number of halogens is 1. The number of hydrogen-bond acceptors (Lipinski definition) is 13. The minimum atomic E-state index is -1.35. The Morgan fingerprint density at radius 2 is 1.82 bits per heavy atom. The van der Waals surface area contributed by atoms with Crippen molar-refractivity contribution in [2.45, 2.75) is 38.4 Å². The Morgan fingerprint density at radius 3 is 2.51 bits per heavy atom. The molecule has 5 aromatic rings. The van der Waals surface area contributed by atoms with Gasteiger partial charge in [-0.3, -0.25) is 14.4 Å². The molecule has 0 radical (unpaired) electrons. The van der Waals surface area contributed by atoms with E-state index < -0.39 is 34.6 Å². The number of nitrogens with zero attached hydrogens (tertiary/aromatic N) is 5. The quantitative estimate of drug-likeness (QED) is 0.123. The van der Waals surface area contributed by atoms with E-state index in [4.69, 9.17) is 16.2 Å². The summed E-state index contributed by atoms with van der Waals surface area (Å²) in [6, 6.07) is 12.0. The molecule has 7 N–H and O–H groups in total. The first-order chi connectivity index (χ1) is 23.0. The fourth-order valence-corrected chi connectivity index (χ4v) is 6.02. The lowest BCUT2D eigenvalue weighted by molar-refractivity contribution is 0.0599. The number of carboxylic acid groups (broad SMARTS) is 1. The number of carbonyl (C=O) groups excluding carboxylic acids is 2. The summed E-state index contributed by atoms with van der Waals surface area (Å²) in [6.45, 7) is 1.82. The van der Waals surface area contributed by atoms with E-state index in [2.05, 4.69) is 32.7 Å². The van der Waals surface area contributed by atoms with E-state index >= 15 is 0 Å². The molecule has 1 atom stereocenters. The van der Waals surface area contributed by atoms with Crippen LogP contribution in [0.15, 0.2) is 52.1 Å². The number of benzene rings is 2. The maximum atomic E-state index is 12.7. The normalized spacial score (nSPS) is 14.7. The van der Waals surface area contributed by atoms with Crippen LogP contribution in [-0.2, 0) is 30.7 Å². The van der Waals surface area contributed by atoms with Crippen LogP contribution >= 0.6 is 12.4 Å². The molecule has 2 aromatic heterocycles. The molecule has 1 amide bonds. The Balaban J connectivity index is 0.000000203. The number of carboxylic acids is 1. The van der Waals surface area contributed by atoms with Gasteiger partial charge in [0.1, 0.15) is 17.1 Å². The average Bonchev–Trinajstić information content (AvgIpc) is 3.69. The van der Waals surface area contributed by atoms with Gasteiger partial charge in [0, 0.05) is 25.7 Å². The molecule has 2 aliphatic rings. The molecule has 0 bridgehead atoms. The van der Waals surface area contributed by atoms with Crippen LogP contribution in [0.2, 0.25) is 0 Å². The van der Waals surface area contributed by atoms with Gasteiger partial charge < -0.3 is 36.6 Å². The maximum absolute atomic E-state index is 12.7. The number of fused-ring (bicyclic) bond motifs is 3. The number of aryl methyl sites for hydroxylation is 1. The molecule has 1 aliphatic heterocycles. The number of hydrogen-bond donors (Lipinski definition) is 5. The molecule has 49 heavy (non-hydrogen) atoms. The van der Waals surface area contributed by atoms with E-state index in [1.54, 1.807) is 18.2 Å². The van der Waals surface area contributed by atoms with Crippen LogP contribution < -0.4 is 32.5 Å². The minimum Gasteiger partial charge on any atom is -0.489 e. The Morgan fingerprint density at radius 1 is 1.04 bits per heavy atom. The van der Waals surface area contributed by atoms with Gasteiger partial charge in [0.15, 0.2) is 5.69 Å². The third-order valence-corrected chi connectivity index (χ3v) is 8.51. The van der Waals surface area contributed by atoms with Crippen molar-refractivity contribution in [3.05, 3.63) is 108 Å². The van der Waals surface area contributed by atoms with E-state index in [1.807, 2.05) is 11.0 Å². The zero-order chi connectivity index (χ0) is 34.3. The van der Waals surface area contributed by atoms with Gasteiger partial charge in [0.2, 0.25) is 5.65 Å². The Bertz CT molecular complexity index is 2190. The van der Waals surface area contributed by atoms with Crippen molar-refractivity contribution in [1.82, 2.24) is 25.1 Å². The molecule has 0 saturated carbocycles. The number of aromatic nitrogens is 4. The number of aromatic carboxylic acids is 1. The van der Waals surface area contributed by atoms with Gasteiger partial charge in [-0.1, -0.05) is 34.6 Å². The van der Waals surface area contributed by atoms with Gasteiger partial charge in [-0.05, 0) is 59.2 Å². The molecule has 3 aromatic carbocycles. The number of nitrogen functional groups attached to an aromatic ring is 1. The molecular formula is C32H31ClN8O8. The number of ether oxygens (including phenoxy) is 1. The lowest BCUT2D eigenvalue weighted by Gasteiger charge is -2.31. The SMILES string of the molecule is COC(=O)c1ccc2c(c1)CC[C@@H]2NC(=O)c1cc(C(=O)O)n2nnc(O)c2n1.Cl.NCc1ccc2c(c1)CN(c1c(N)c(=O)c1=O)CC2. The first kappa shape index (κ1) is 34.5. The number of esters is 1. The van der Waals surface area contributed by atoms with Crippen LogP contribution in [-0.4, -0.2) is 61.5 Å². The van der Waals surface area contributed by atoms with Crippen molar-refractivity contribution in [2.75, 3.05) is 24.3 Å². The largest absolute Gasteiger partial charge is 0.489 e. The predicted molar refractivity (Wildman–Crippen MR) is 178 cm³/mol. The van der Waals surface area contributed by atoms with Crippen LogP contribution in [0.1, 0.15) is 71.6 Å². The first-order valence-corrected chi connectivity index (χ1v) is 14.9. The average molecular weight is 691 g/mol. The number of rotatable bonds is 6. The van der Waals surface area contributed by atoms with Gasteiger partial charge >= 0.3 is 11.9 Å². The molecule has 0 spiro atoms. The van der Waals surface area contributed by atoms with Gasteiger partial charge in [-0.15, -0.1) is 12.4 Å². The standard InChI is InChI=1S/C18H15N5O6.C14H15N3O2.ClH/c1-29-18(28)9-2-4-10-8(6-9)3-5-11(10)20-15(24)12-7-13(17(26)27)23-14(19-12)16(25)21-22-23;15-6-8-1-2-9-3-4-17(7-10(9)5-8)12-11(16)13(18)14(12)19;/h2,4,6-7,11,25H,3,5H2,1H3,(H,20,24)(H,26,27);1-2,5H,3-4,6-7,15-16H2;1H/t11-;;/m0../s1. The highest BCUT2D eigenvalue weighted by Crippen LogP contribution is 2.32. The number of amides is 1. The smallest absolute Gasteiger partial charge is 0.354 e. The molecule has 3 heterocycles. The van der Waals surface area contributed by atoms with Crippen molar-refractivity contribution < 1.29 is 29.3 Å². The second kappa shape index (κ2) is 13.7. The third-order valence-electron chi connectivity index (χ3n) is 8.51. The summed E-state index contributed by atoms with van der Waals surface area (Å²) >= 11 is 0. The second-order valence-electron chi connectivity index (χ2n) is 11.3. The van der Waals surface area contributed by atoms with Crippen LogP contribution in [0.4, 0.5) is 11.4 Å².